The molecule has 0 saturated carbocycles. The maximum atomic E-state index is 12.5. The van der Waals surface area contributed by atoms with E-state index < -0.39 is 11.7 Å². The first-order chi connectivity index (χ1) is 7.90. The van der Waals surface area contributed by atoms with Crippen molar-refractivity contribution in [1.29, 1.82) is 0 Å². The summed E-state index contributed by atoms with van der Waals surface area (Å²) in [4.78, 5) is 15.4. The number of alkyl halides is 4. The van der Waals surface area contributed by atoms with Crippen LogP contribution in [0.5, 0.6) is 0 Å². The first kappa shape index (κ1) is 14.5. The summed E-state index contributed by atoms with van der Waals surface area (Å²) in [6.07, 6.45) is -3.75. The van der Waals surface area contributed by atoms with Gasteiger partial charge in [0.2, 0.25) is 0 Å². The maximum absolute atomic E-state index is 12.5. The zero-order valence-electron chi connectivity index (χ0n) is 8.84. The van der Waals surface area contributed by atoms with E-state index in [1.165, 1.54) is 11.8 Å². The maximum Gasteiger partial charge on any atom is 0.417 e. The van der Waals surface area contributed by atoms with Gasteiger partial charge in [0.25, 0.3) is 0 Å². The Balaban J connectivity index is 3.21. The molecule has 0 aromatic carbocycles. The van der Waals surface area contributed by atoms with Crippen LogP contribution >= 0.6 is 27.7 Å². The third-order valence-electron chi connectivity index (χ3n) is 1.87. The van der Waals surface area contributed by atoms with Gasteiger partial charge in [0, 0.05) is 11.1 Å². The normalized spacial score (nSPS) is 11.6. The lowest BCUT2D eigenvalue weighted by molar-refractivity contribution is -0.138. The Hall–Kier alpha value is -0.560. The number of hydrogen-bond acceptors (Lipinski definition) is 3. The van der Waals surface area contributed by atoms with Crippen molar-refractivity contribution in [3.8, 4) is 0 Å². The van der Waals surface area contributed by atoms with Crippen molar-refractivity contribution in [3.63, 3.8) is 0 Å². The molecule has 0 aliphatic heterocycles. The summed E-state index contributed by atoms with van der Waals surface area (Å²) < 4.78 is 37.4. The van der Waals surface area contributed by atoms with Crippen LogP contribution in [0.1, 0.15) is 23.0 Å². The van der Waals surface area contributed by atoms with Gasteiger partial charge in [-0.1, -0.05) is 22.9 Å². The van der Waals surface area contributed by atoms with Crippen LogP contribution in [-0.2, 0) is 6.18 Å². The Bertz CT molecular complexity index is 423. The van der Waals surface area contributed by atoms with Crippen molar-refractivity contribution in [2.24, 2.45) is 0 Å². The van der Waals surface area contributed by atoms with E-state index in [4.69, 9.17) is 0 Å². The summed E-state index contributed by atoms with van der Waals surface area (Å²) in [5, 5.41) is 0.0443. The van der Waals surface area contributed by atoms with Gasteiger partial charge in [-0.2, -0.15) is 13.2 Å². The van der Waals surface area contributed by atoms with Crippen molar-refractivity contribution in [2.75, 3.05) is 11.1 Å². The summed E-state index contributed by atoms with van der Waals surface area (Å²) in [6.45, 7) is 1.80. The van der Waals surface area contributed by atoms with E-state index in [1.54, 1.807) is 6.92 Å². The number of Topliss-reactive ketones (excluding diaryl/α,β-unsaturated/α-hetero) is 1. The molecule has 0 saturated heterocycles. The van der Waals surface area contributed by atoms with Crippen LogP contribution in [0.25, 0.3) is 0 Å². The molecule has 0 spiro atoms. The molecule has 1 aromatic heterocycles. The smallest absolute Gasteiger partial charge is 0.291 e. The molecule has 0 bridgehead atoms. The highest BCUT2D eigenvalue weighted by molar-refractivity contribution is 9.09. The highest BCUT2D eigenvalue weighted by Gasteiger charge is 2.32. The number of halogens is 4. The molecule has 1 rings (SSSR count). The lowest BCUT2D eigenvalue weighted by atomic mass is 10.2. The van der Waals surface area contributed by atoms with Crippen molar-refractivity contribution in [1.82, 2.24) is 4.98 Å². The third-order valence-corrected chi connectivity index (χ3v) is 3.29. The van der Waals surface area contributed by atoms with Crippen LogP contribution in [0.3, 0.4) is 0 Å². The Morgan fingerprint density at radius 2 is 2.18 bits per heavy atom. The number of hydrogen-bond donors (Lipinski definition) is 0. The van der Waals surface area contributed by atoms with Crippen molar-refractivity contribution >= 4 is 33.5 Å². The molecule has 0 fully saturated rings. The molecule has 94 valence electrons. The van der Waals surface area contributed by atoms with Crippen molar-refractivity contribution < 1.29 is 18.0 Å². The predicted octanol–water partition coefficient (Wildman–Crippen LogP) is 3.79. The fourth-order valence-corrected chi connectivity index (χ4v) is 2.23. The molecule has 1 aromatic rings. The molecule has 0 amide bonds. The first-order valence-corrected chi connectivity index (χ1v) is 6.80. The van der Waals surface area contributed by atoms with Crippen molar-refractivity contribution in [2.45, 2.75) is 18.0 Å². The van der Waals surface area contributed by atoms with E-state index in [-0.39, 0.29) is 21.7 Å². The van der Waals surface area contributed by atoms with Gasteiger partial charge < -0.3 is 0 Å². The van der Waals surface area contributed by atoms with Gasteiger partial charge in [0.15, 0.2) is 5.78 Å². The molecular weight excluding hydrogens is 319 g/mol. The molecule has 2 nitrogen and oxygen atoms in total. The highest BCUT2D eigenvalue weighted by Crippen LogP contribution is 2.32. The molecule has 0 unspecified atom stereocenters. The van der Waals surface area contributed by atoms with Crippen molar-refractivity contribution in [3.05, 3.63) is 23.5 Å². The minimum atomic E-state index is -4.44. The molecule has 0 atom stereocenters. The average molecular weight is 328 g/mol. The van der Waals surface area contributed by atoms with E-state index >= 15 is 0 Å². The average Bonchev–Trinajstić information content (AvgIpc) is 2.27. The zero-order chi connectivity index (χ0) is 13.1. The molecule has 0 aliphatic rings. The van der Waals surface area contributed by atoms with Gasteiger partial charge in [-0.05, 0) is 11.8 Å². The van der Waals surface area contributed by atoms with Gasteiger partial charge in [-0.15, -0.1) is 11.8 Å². The van der Waals surface area contributed by atoms with Gasteiger partial charge >= 0.3 is 6.18 Å². The SMILES string of the molecule is CCSc1cc(C(F)(F)F)cnc1C(=O)CBr. The third kappa shape index (κ3) is 3.70. The monoisotopic (exact) mass is 327 g/mol. The van der Waals surface area contributed by atoms with E-state index in [0.29, 0.717) is 11.9 Å². The van der Waals surface area contributed by atoms with E-state index in [9.17, 15) is 18.0 Å². The summed E-state index contributed by atoms with van der Waals surface area (Å²) >= 11 is 4.15. The zero-order valence-corrected chi connectivity index (χ0v) is 11.2. The number of nitrogens with zero attached hydrogens (tertiary/aromatic N) is 1. The summed E-state index contributed by atoms with van der Waals surface area (Å²) in [6, 6.07) is 0.969. The summed E-state index contributed by atoms with van der Waals surface area (Å²) in [5.74, 6) is 0.251. The number of carbonyl (C=O) groups is 1. The first-order valence-electron chi connectivity index (χ1n) is 4.69. The molecular formula is C10H9BrF3NOS. The molecule has 1 heterocycles. The minimum Gasteiger partial charge on any atom is -0.291 e. The van der Waals surface area contributed by atoms with Crippen LogP contribution < -0.4 is 0 Å². The standard InChI is InChI=1S/C10H9BrF3NOS/c1-2-17-8-3-6(10(12,13)14)5-15-9(8)7(16)4-11/h3,5H,2,4H2,1H3. The molecule has 0 N–H and O–H groups in total. The molecule has 0 radical (unpaired) electrons. The van der Waals surface area contributed by atoms with E-state index in [0.717, 1.165) is 6.07 Å². The van der Waals surface area contributed by atoms with E-state index in [2.05, 4.69) is 20.9 Å². The summed E-state index contributed by atoms with van der Waals surface area (Å²) in [5.41, 5.74) is -0.749. The predicted molar refractivity (Wildman–Crippen MR) is 63.8 cm³/mol. The second-order valence-electron chi connectivity index (χ2n) is 3.06. The van der Waals surface area contributed by atoms with Crippen LogP contribution in [-0.4, -0.2) is 21.9 Å². The number of thioether (sulfide) groups is 1. The van der Waals surface area contributed by atoms with Crippen LogP contribution in [0, 0.1) is 0 Å². The lowest BCUT2D eigenvalue weighted by Crippen LogP contribution is -2.11. The highest BCUT2D eigenvalue weighted by atomic mass is 79.9. The summed E-state index contributed by atoms with van der Waals surface area (Å²) in [7, 11) is 0. The Morgan fingerprint density at radius 3 is 2.65 bits per heavy atom. The minimum absolute atomic E-state index is 0.0443. The Kier molecular flexibility index (Phi) is 5.00. The fourth-order valence-electron chi connectivity index (χ4n) is 1.14. The lowest BCUT2D eigenvalue weighted by Gasteiger charge is -2.10. The Morgan fingerprint density at radius 1 is 1.53 bits per heavy atom. The Labute approximate surface area is 109 Å². The van der Waals surface area contributed by atoms with Gasteiger partial charge in [-0.3, -0.25) is 9.78 Å². The number of rotatable bonds is 4. The van der Waals surface area contributed by atoms with Gasteiger partial charge in [0.05, 0.1) is 10.9 Å². The fraction of sp³-hybridized carbons (Fsp3) is 0.400. The molecule has 0 aliphatic carbocycles. The van der Waals surface area contributed by atoms with Gasteiger partial charge in [-0.25, -0.2) is 0 Å². The van der Waals surface area contributed by atoms with Crippen LogP contribution in [0.2, 0.25) is 0 Å². The van der Waals surface area contributed by atoms with E-state index in [1.807, 2.05) is 0 Å². The molecule has 17 heavy (non-hydrogen) atoms. The van der Waals surface area contributed by atoms with Crippen LogP contribution in [0.15, 0.2) is 17.2 Å². The number of carbonyl (C=O) groups excluding carboxylic acids is 1. The number of aromatic nitrogens is 1. The second-order valence-corrected chi connectivity index (χ2v) is 4.92. The van der Waals surface area contributed by atoms with Crippen LogP contribution in [0.4, 0.5) is 13.2 Å². The largest absolute Gasteiger partial charge is 0.417 e. The second kappa shape index (κ2) is 5.86. The quantitative estimate of drug-likeness (QED) is 0.478. The molecule has 7 heteroatoms. The number of ketones is 1. The topological polar surface area (TPSA) is 30.0 Å². The number of pyridine rings is 1. The van der Waals surface area contributed by atoms with Gasteiger partial charge in [0.1, 0.15) is 5.69 Å².